The summed E-state index contributed by atoms with van der Waals surface area (Å²) in [6, 6.07) is 8.94. The second-order valence-corrected chi connectivity index (χ2v) is 15.2. The Bertz CT molecular complexity index is 1490. The highest BCUT2D eigenvalue weighted by Gasteiger charge is 2.47. The number of benzene rings is 1. The number of nitrogens with one attached hydrogen (secondary N) is 6. The molecule has 0 fully saturated rings. The van der Waals surface area contributed by atoms with Crippen LogP contribution in [0, 0.1) is 5.92 Å². The SMILES string of the molecule is COC(=O)C(CF)(CF)NC(=O)C(C)(C)NC(=O)C(C)(C)NC(=O)C(C)(C)NC(=O)C(C)(C)NC(=O)[C@@](C)(NC(=O)OCc1ccccc1)C(C)C. The third kappa shape index (κ3) is 11.3. The van der Waals surface area contributed by atoms with Crippen LogP contribution in [0.5, 0.6) is 0 Å². The summed E-state index contributed by atoms with van der Waals surface area (Å²) in [7, 11) is 0.892. The molecule has 1 rings (SSSR count). The molecule has 0 spiro atoms. The Morgan fingerprint density at radius 2 is 0.962 bits per heavy atom. The van der Waals surface area contributed by atoms with E-state index in [1.807, 2.05) is 11.4 Å². The minimum atomic E-state index is -2.62. The summed E-state index contributed by atoms with van der Waals surface area (Å²) in [6.07, 6.45) is -0.847. The van der Waals surface area contributed by atoms with Crippen molar-refractivity contribution >= 4 is 41.6 Å². The van der Waals surface area contributed by atoms with E-state index in [1.54, 1.807) is 38.1 Å². The molecule has 52 heavy (non-hydrogen) atoms. The van der Waals surface area contributed by atoms with E-state index in [-0.39, 0.29) is 6.61 Å². The second kappa shape index (κ2) is 17.1. The van der Waals surface area contributed by atoms with Crippen LogP contribution >= 0.6 is 0 Å². The molecule has 0 aliphatic carbocycles. The van der Waals surface area contributed by atoms with Crippen LogP contribution in [0.2, 0.25) is 0 Å². The number of hydrogen-bond donors (Lipinski definition) is 6. The lowest BCUT2D eigenvalue weighted by atomic mass is 9.86. The molecule has 1 aromatic rings. The van der Waals surface area contributed by atoms with Gasteiger partial charge in [-0.1, -0.05) is 44.2 Å². The van der Waals surface area contributed by atoms with Crippen molar-refractivity contribution in [1.29, 1.82) is 0 Å². The number of carbonyl (C=O) groups excluding carboxylic acids is 7. The highest BCUT2D eigenvalue weighted by Crippen LogP contribution is 2.21. The Balaban J connectivity index is 3.00. The molecular formula is C35H54F2N6O9. The zero-order valence-corrected chi connectivity index (χ0v) is 32.0. The Kier molecular flexibility index (Phi) is 14.9. The third-order valence-electron chi connectivity index (χ3n) is 8.56. The molecule has 292 valence electrons. The van der Waals surface area contributed by atoms with Gasteiger partial charge in [-0.05, 0) is 73.8 Å². The lowest BCUT2D eigenvalue weighted by Gasteiger charge is -2.38. The second-order valence-electron chi connectivity index (χ2n) is 15.2. The van der Waals surface area contributed by atoms with E-state index < -0.39 is 94.1 Å². The first-order chi connectivity index (χ1) is 23.7. The van der Waals surface area contributed by atoms with Gasteiger partial charge < -0.3 is 41.4 Å². The Hall–Kier alpha value is -4.83. The van der Waals surface area contributed by atoms with E-state index in [0.29, 0.717) is 0 Å². The molecule has 0 unspecified atom stereocenters. The van der Waals surface area contributed by atoms with Gasteiger partial charge in [0.1, 0.15) is 47.7 Å². The van der Waals surface area contributed by atoms with E-state index in [2.05, 4.69) is 31.3 Å². The number of carbonyl (C=O) groups is 7. The van der Waals surface area contributed by atoms with Crippen LogP contribution in [0.1, 0.15) is 81.7 Å². The van der Waals surface area contributed by atoms with Crippen molar-refractivity contribution in [2.75, 3.05) is 20.5 Å². The molecule has 0 saturated carbocycles. The van der Waals surface area contributed by atoms with Gasteiger partial charge in [0.25, 0.3) is 0 Å². The monoisotopic (exact) mass is 740 g/mol. The highest BCUT2D eigenvalue weighted by molar-refractivity contribution is 6.01. The van der Waals surface area contributed by atoms with Crippen LogP contribution in [0.15, 0.2) is 30.3 Å². The molecule has 1 atom stereocenters. The van der Waals surface area contributed by atoms with Gasteiger partial charge in [-0.3, -0.25) is 24.0 Å². The fourth-order valence-corrected chi connectivity index (χ4v) is 4.23. The van der Waals surface area contributed by atoms with Crippen molar-refractivity contribution < 1.29 is 51.8 Å². The summed E-state index contributed by atoms with van der Waals surface area (Å²) >= 11 is 0. The van der Waals surface area contributed by atoms with Gasteiger partial charge in [-0.25, -0.2) is 18.4 Å². The van der Waals surface area contributed by atoms with Gasteiger partial charge in [0.2, 0.25) is 29.5 Å². The average Bonchev–Trinajstić information content (AvgIpc) is 3.05. The van der Waals surface area contributed by atoms with Gasteiger partial charge >= 0.3 is 12.1 Å². The van der Waals surface area contributed by atoms with Gasteiger partial charge in [0.05, 0.1) is 7.11 Å². The fraction of sp³-hybridized carbons (Fsp3) is 0.629. The average molecular weight is 741 g/mol. The lowest BCUT2D eigenvalue weighted by molar-refractivity contribution is -0.153. The summed E-state index contributed by atoms with van der Waals surface area (Å²) in [5.74, 6) is -6.15. The molecule has 0 aromatic heterocycles. The number of amides is 6. The summed E-state index contributed by atoms with van der Waals surface area (Å²) in [5, 5.41) is 14.6. The normalized spacial score (nSPS) is 13.5. The van der Waals surface area contributed by atoms with Gasteiger partial charge in [0, 0.05) is 0 Å². The van der Waals surface area contributed by atoms with E-state index in [1.165, 1.54) is 62.3 Å². The minimum absolute atomic E-state index is 0.0301. The number of methoxy groups -OCH3 is 1. The number of hydrogen-bond acceptors (Lipinski definition) is 9. The first-order valence-corrected chi connectivity index (χ1v) is 16.5. The van der Waals surface area contributed by atoms with Gasteiger partial charge in [0.15, 0.2) is 5.54 Å². The van der Waals surface area contributed by atoms with Crippen molar-refractivity contribution in [3.63, 3.8) is 0 Å². The zero-order chi connectivity index (χ0) is 40.5. The van der Waals surface area contributed by atoms with Crippen LogP contribution in [0.4, 0.5) is 13.6 Å². The van der Waals surface area contributed by atoms with Crippen LogP contribution in [-0.4, -0.2) is 95.3 Å². The number of ether oxygens (including phenoxy) is 2. The van der Waals surface area contributed by atoms with Crippen molar-refractivity contribution in [3.8, 4) is 0 Å². The third-order valence-corrected chi connectivity index (χ3v) is 8.56. The van der Waals surface area contributed by atoms with E-state index in [4.69, 9.17) is 4.74 Å². The summed E-state index contributed by atoms with van der Waals surface area (Å²) < 4.78 is 37.0. The van der Waals surface area contributed by atoms with Gasteiger partial charge in [-0.2, -0.15) is 0 Å². The summed E-state index contributed by atoms with van der Waals surface area (Å²) in [6.45, 7) is 12.2. The quantitative estimate of drug-likeness (QED) is 0.129. The van der Waals surface area contributed by atoms with Crippen molar-refractivity contribution in [2.45, 2.75) is 116 Å². The van der Waals surface area contributed by atoms with Crippen LogP contribution in [0.3, 0.4) is 0 Å². The zero-order valence-electron chi connectivity index (χ0n) is 32.0. The summed E-state index contributed by atoms with van der Waals surface area (Å²) in [5.41, 5.74) is -10.3. The maximum atomic E-state index is 13.7. The molecule has 0 heterocycles. The molecule has 6 N–H and O–H groups in total. The minimum Gasteiger partial charge on any atom is -0.467 e. The fourth-order valence-electron chi connectivity index (χ4n) is 4.23. The number of alkyl carbamates (subject to hydrolysis) is 1. The standard InChI is InChI=1S/C35H54F2N6O9/c1-21(2)34(11,43-29(50)52-18-22-16-14-13-15-17-22)27(48)41-32(7,8)25(46)39-30(3,4)23(44)38-31(5,6)24(45)40-33(9,10)26(47)42-35(19-36,20-37)28(49)51-12/h13-17,21H,18-20H2,1-12H3,(H,38,44)(H,39,46)(H,40,45)(H,41,48)(H,42,47)(H,43,50)/t34-/m0/s1. The van der Waals surface area contributed by atoms with E-state index in [0.717, 1.165) is 12.7 Å². The maximum Gasteiger partial charge on any atom is 0.408 e. The molecule has 0 saturated heterocycles. The first kappa shape index (κ1) is 45.2. The maximum absolute atomic E-state index is 13.7. The number of esters is 1. The first-order valence-electron chi connectivity index (χ1n) is 16.5. The number of rotatable bonds is 17. The van der Waals surface area contributed by atoms with E-state index in [9.17, 15) is 42.3 Å². The molecular weight excluding hydrogens is 686 g/mol. The van der Waals surface area contributed by atoms with Crippen molar-refractivity contribution in [3.05, 3.63) is 35.9 Å². The largest absolute Gasteiger partial charge is 0.467 e. The molecule has 17 heteroatoms. The Labute approximate surface area is 303 Å². The van der Waals surface area contributed by atoms with Crippen molar-refractivity contribution in [1.82, 2.24) is 31.9 Å². The van der Waals surface area contributed by atoms with E-state index >= 15 is 0 Å². The molecule has 15 nitrogen and oxygen atoms in total. The van der Waals surface area contributed by atoms with Crippen LogP contribution < -0.4 is 31.9 Å². The smallest absolute Gasteiger partial charge is 0.408 e. The Morgan fingerprint density at radius 3 is 1.31 bits per heavy atom. The summed E-state index contributed by atoms with van der Waals surface area (Å²) in [4.78, 5) is 91.3. The lowest BCUT2D eigenvalue weighted by Crippen LogP contribution is -2.70. The number of halogens is 2. The molecule has 1 aromatic carbocycles. The van der Waals surface area contributed by atoms with Crippen molar-refractivity contribution in [2.24, 2.45) is 5.92 Å². The van der Waals surface area contributed by atoms with Crippen LogP contribution in [0.25, 0.3) is 0 Å². The predicted octanol–water partition coefficient (Wildman–Crippen LogP) is 1.87. The topological polar surface area (TPSA) is 210 Å². The number of alkyl halides is 2. The molecule has 0 radical (unpaired) electrons. The van der Waals surface area contributed by atoms with Gasteiger partial charge in [-0.15, -0.1) is 0 Å². The van der Waals surface area contributed by atoms with Crippen LogP contribution in [-0.2, 0) is 44.8 Å². The Morgan fingerprint density at radius 1 is 0.596 bits per heavy atom. The highest BCUT2D eigenvalue weighted by atomic mass is 19.1. The predicted molar refractivity (Wildman–Crippen MR) is 187 cm³/mol. The molecule has 0 bridgehead atoms. The molecule has 0 aliphatic heterocycles. The molecule has 6 amide bonds. The molecule has 0 aliphatic rings.